The largest absolute Gasteiger partial charge is 0.404 e. The molecule has 10 heteroatoms. The smallest absolute Gasteiger partial charge is 0.323 e. The Labute approximate surface area is 199 Å². The first-order valence-electron chi connectivity index (χ1n) is 10.4. The van der Waals surface area contributed by atoms with Crippen LogP contribution in [0.2, 0.25) is 0 Å². The number of aromatic nitrogens is 2. The van der Waals surface area contributed by atoms with E-state index in [0.717, 1.165) is 0 Å². The average Bonchev–Trinajstić information content (AvgIpc) is 2.82. The van der Waals surface area contributed by atoms with Crippen molar-refractivity contribution in [2.45, 2.75) is 13.5 Å². The fourth-order valence-corrected chi connectivity index (χ4v) is 3.33. The van der Waals surface area contributed by atoms with Gasteiger partial charge in [0.2, 0.25) is 0 Å². The first kappa shape index (κ1) is 24.3. The number of carbonyl (C=O) groups excluding carboxylic acids is 2. The van der Waals surface area contributed by atoms with Gasteiger partial charge in [-0.3, -0.25) is 19.1 Å². The molecule has 34 heavy (non-hydrogen) atoms. The molecule has 0 fully saturated rings. The second-order valence-electron chi connectivity index (χ2n) is 7.34. The maximum atomic E-state index is 13.3. The van der Waals surface area contributed by atoms with Gasteiger partial charge in [-0.1, -0.05) is 12.1 Å². The molecule has 0 saturated heterocycles. The van der Waals surface area contributed by atoms with Crippen molar-refractivity contribution in [1.82, 2.24) is 9.55 Å². The number of ketones is 1. The van der Waals surface area contributed by atoms with E-state index in [9.17, 15) is 14.4 Å². The molecule has 0 aliphatic rings. The van der Waals surface area contributed by atoms with Gasteiger partial charge in [0.05, 0.1) is 29.6 Å². The molecule has 0 aliphatic heterocycles. The van der Waals surface area contributed by atoms with Gasteiger partial charge in [-0.25, -0.2) is 9.78 Å². The Morgan fingerprint density at radius 1 is 1.21 bits per heavy atom. The fourth-order valence-electron chi connectivity index (χ4n) is 3.33. The highest BCUT2D eigenvalue weighted by molar-refractivity contribution is 6.08. The SMILES string of the molecule is CN=C/C(=C\N)c1nc2ccc(NC(=O)Nc3cccc(C(C)=O)c3)cc2c(=O)n1CCOC.[HH].[HH]. The van der Waals surface area contributed by atoms with Gasteiger partial charge in [-0.2, -0.15) is 0 Å². The Hall–Kier alpha value is -4.31. The number of rotatable bonds is 8. The normalized spacial score (nSPS) is 11.7. The lowest BCUT2D eigenvalue weighted by Gasteiger charge is -2.14. The number of aliphatic imine (C=N–C) groups is 1. The van der Waals surface area contributed by atoms with E-state index < -0.39 is 6.03 Å². The Balaban J connectivity index is 0.00000324. The minimum absolute atomic E-state index is 0. The molecule has 4 N–H and O–H groups in total. The first-order chi connectivity index (χ1) is 16.4. The number of amides is 2. The summed E-state index contributed by atoms with van der Waals surface area (Å²) >= 11 is 0. The molecule has 3 rings (SSSR count). The van der Waals surface area contributed by atoms with E-state index in [0.29, 0.717) is 45.8 Å². The minimum Gasteiger partial charge on any atom is -0.404 e. The quantitative estimate of drug-likeness (QED) is 0.343. The first-order valence-corrected chi connectivity index (χ1v) is 10.4. The third-order valence-corrected chi connectivity index (χ3v) is 4.96. The van der Waals surface area contributed by atoms with Gasteiger partial charge in [-0.05, 0) is 37.3 Å². The topological polar surface area (TPSA) is 141 Å². The van der Waals surface area contributed by atoms with Crippen molar-refractivity contribution in [2.75, 3.05) is 31.4 Å². The summed E-state index contributed by atoms with van der Waals surface area (Å²) < 4.78 is 6.60. The maximum absolute atomic E-state index is 13.3. The number of fused-ring (bicyclic) bond motifs is 1. The van der Waals surface area contributed by atoms with E-state index in [4.69, 9.17) is 10.5 Å². The minimum atomic E-state index is -0.517. The Morgan fingerprint density at radius 2 is 1.94 bits per heavy atom. The molecule has 2 aromatic carbocycles. The monoisotopic (exact) mass is 466 g/mol. The number of urea groups is 1. The highest BCUT2D eigenvalue weighted by Gasteiger charge is 2.15. The zero-order valence-corrected chi connectivity index (χ0v) is 19.2. The van der Waals surface area contributed by atoms with Crippen LogP contribution in [0.3, 0.4) is 0 Å². The van der Waals surface area contributed by atoms with Gasteiger partial charge in [-0.15, -0.1) is 0 Å². The Morgan fingerprint density at radius 3 is 2.59 bits per heavy atom. The number of ether oxygens (including phenoxy) is 1. The zero-order chi connectivity index (χ0) is 24.7. The van der Waals surface area contributed by atoms with E-state index in [1.165, 1.54) is 23.9 Å². The molecule has 180 valence electrons. The van der Waals surface area contributed by atoms with Crippen LogP contribution in [0.5, 0.6) is 0 Å². The molecular formula is C24H30N6O4. The molecule has 0 unspecified atom stereocenters. The number of allylic oxidation sites excluding steroid dienone is 1. The lowest BCUT2D eigenvalue weighted by atomic mass is 10.1. The fraction of sp³-hybridized carbons (Fsp3) is 0.208. The van der Waals surface area contributed by atoms with E-state index >= 15 is 0 Å². The molecule has 0 atom stereocenters. The number of hydrogen-bond acceptors (Lipinski definition) is 7. The number of carbonyl (C=O) groups is 2. The second kappa shape index (κ2) is 11.0. The lowest BCUT2D eigenvalue weighted by molar-refractivity contribution is 0.101. The van der Waals surface area contributed by atoms with E-state index in [1.807, 2.05) is 0 Å². The molecule has 0 saturated carbocycles. The standard InChI is InChI=1S/C24H26N6O4.2H2/c1-15(31)16-5-4-6-18(11-16)27-24(33)28-19-7-8-21-20(12-19)23(32)30(9-10-34-3)22(29-21)17(13-25)14-26-2;;/h4-8,11-14H,9-10,25H2,1-3H3,(H2,27,28,33);2*1H/b17-13+,26-14?;;. The number of nitrogens with two attached hydrogens (primary N) is 1. The van der Waals surface area contributed by atoms with Crippen molar-refractivity contribution in [2.24, 2.45) is 10.7 Å². The highest BCUT2D eigenvalue weighted by Crippen LogP contribution is 2.19. The number of nitrogens with zero attached hydrogens (tertiary/aromatic N) is 3. The molecule has 0 spiro atoms. The predicted octanol–water partition coefficient (Wildman–Crippen LogP) is 3.38. The molecule has 0 aliphatic carbocycles. The summed E-state index contributed by atoms with van der Waals surface area (Å²) in [6, 6.07) is 10.9. The van der Waals surface area contributed by atoms with E-state index in [2.05, 4.69) is 20.6 Å². The molecule has 1 aromatic heterocycles. The number of benzene rings is 2. The van der Waals surface area contributed by atoms with Crippen LogP contribution >= 0.6 is 0 Å². The van der Waals surface area contributed by atoms with Crippen LogP contribution in [0.25, 0.3) is 16.5 Å². The Kier molecular flexibility index (Phi) is 7.88. The van der Waals surface area contributed by atoms with Gasteiger partial charge >= 0.3 is 6.03 Å². The summed E-state index contributed by atoms with van der Waals surface area (Å²) in [6.07, 6.45) is 2.86. The summed E-state index contributed by atoms with van der Waals surface area (Å²) in [5, 5.41) is 5.70. The third-order valence-electron chi connectivity index (χ3n) is 4.96. The van der Waals surface area contributed by atoms with Crippen LogP contribution in [0, 0.1) is 0 Å². The summed E-state index contributed by atoms with van der Waals surface area (Å²) in [4.78, 5) is 45.9. The molecule has 10 nitrogen and oxygen atoms in total. The van der Waals surface area contributed by atoms with Crippen LogP contribution in [-0.4, -0.2) is 48.3 Å². The molecule has 2 amide bonds. The lowest BCUT2D eigenvalue weighted by Crippen LogP contribution is -2.27. The predicted molar refractivity (Wildman–Crippen MR) is 138 cm³/mol. The zero-order valence-electron chi connectivity index (χ0n) is 19.2. The summed E-state index contributed by atoms with van der Waals surface area (Å²) in [6.45, 7) is 2.00. The Bertz CT molecular complexity index is 1350. The van der Waals surface area contributed by atoms with Crippen LogP contribution < -0.4 is 21.9 Å². The van der Waals surface area contributed by atoms with Gasteiger partial charge < -0.3 is 21.1 Å². The molecular weight excluding hydrogens is 436 g/mol. The molecule has 3 aromatic rings. The summed E-state index contributed by atoms with van der Waals surface area (Å²) in [5.74, 6) is 0.263. The third kappa shape index (κ3) is 5.54. The van der Waals surface area contributed by atoms with Crippen LogP contribution in [0.15, 0.2) is 58.5 Å². The summed E-state index contributed by atoms with van der Waals surface area (Å²) in [7, 11) is 3.14. The number of Topliss-reactive ketones (excluding diaryl/α,β-unsaturated/α-hetero) is 1. The highest BCUT2D eigenvalue weighted by atomic mass is 16.5. The van der Waals surface area contributed by atoms with Crippen molar-refractivity contribution in [3.63, 3.8) is 0 Å². The van der Waals surface area contributed by atoms with Crippen LogP contribution in [0.1, 0.15) is 26.0 Å². The van der Waals surface area contributed by atoms with Gasteiger partial charge in [0.1, 0.15) is 5.82 Å². The van der Waals surface area contributed by atoms with Gasteiger partial charge in [0.25, 0.3) is 5.56 Å². The second-order valence-corrected chi connectivity index (χ2v) is 7.34. The number of anilines is 2. The van der Waals surface area contributed by atoms with Crippen LogP contribution in [0.4, 0.5) is 16.2 Å². The molecule has 0 radical (unpaired) electrons. The number of nitrogens with one attached hydrogen (secondary N) is 2. The average molecular weight is 467 g/mol. The number of methoxy groups -OCH3 is 1. The molecule has 1 heterocycles. The van der Waals surface area contributed by atoms with Gasteiger partial charge in [0.15, 0.2) is 5.78 Å². The van der Waals surface area contributed by atoms with Crippen molar-refractivity contribution in [1.29, 1.82) is 0 Å². The number of hydrogen-bond donors (Lipinski definition) is 3. The van der Waals surface area contributed by atoms with Crippen molar-refractivity contribution in [3.05, 3.63) is 70.4 Å². The van der Waals surface area contributed by atoms with E-state index in [1.54, 1.807) is 56.6 Å². The van der Waals surface area contributed by atoms with Crippen molar-refractivity contribution >= 4 is 45.9 Å². The van der Waals surface area contributed by atoms with Crippen molar-refractivity contribution in [3.8, 4) is 0 Å². The molecule has 0 bridgehead atoms. The maximum Gasteiger partial charge on any atom is 0.323 e. The van der Waals surface area contributed by atoms with Gasteiger partial charge in [0, 0.05) is 46.4 Å². The summed E-state index contributed by atoms with van der Waals surface area (Å²) in [5.41, 5.74) is 7.73. The van der Waals surface area contributed by atoms with Crippen LogP contribution in [-0.2, 0) is 11.3 Å². The van der Waals surface area contributed by atoms with Crippen molar-refractivity contribution < 1.29 is 17.2 Å². The van der Waals surface area contributed by atoms with E-state index in [-0.39, 0.29) is 20.7 Å².